The first kappa shape index (κ1) is 74.2. The van der Waals surface area contributed by atoms with Gasteiger partial charge < -0.3 is 55.6 Å². The molecule has 91 heavy (non-hydrogen) atoms. The Morgan fingerprint density at radius 2 is 1.23 bits per heavy atom. The summed E-state index contributed by atoms with van der Waals surface area (Å²) in [6, 6.07) is -9.16. The molecule has 2 saturated heterocycles. The highest BCUT2D eigenvalue weighted by Gasteiger charge is 2.51. The molecule has 2 heterocycles. The van der Waals surface area contributed by atoms with Crippen LogP contribution in [0.1, 0.15) is 176 Å². The van der Waals surface area contributed by atoms with Crippen LogP contribution in [0.2, 0.25) is 0 Å². The lowest BCUT2D eigenvalue weighted by Gasteiger charge is -2.40. The van der Waals surface area contributed by atoms with Crippen LogP contribution in [0.5, 0.6) is 0 Å². The van der Waals surface area contributed by atoms with Crippen molar-refractivity contribution >= 4 is 76.6 Å². The summed E-state index contributed by atoms with van der Waals surface area (Å²) < 4.78 is 56.8. The number of amides is 11. The van der Waals surface area contributed by atoms with Crippen molar-refractivity contribution in [1.29, 1.82) is 0 Å². The Kier molecular flexibility index (Phi) is 26.4. The maximum atomic E-state index is 15.2. The van der Waals surface area contributed by atoms with E-state index in [9.17, 15) is 60.7 Å². The van der Waals surface area contributed by atoms with E-state index < -0.39 is 162 Å². The summed E-state index contributed by atoms with van der Waals surface area (Å²) >= 11 is 6.37. The van der Waals surface area contributed by atoms with E-state index in [0.29, 0.717) is 57.8 Å². The molecule has 11 amide bonds. The summed E-state index contributed by atoms with van der Waals surface area (Å²) in [4.78, 5) is 168. The summed E-state index contributed by atoms with van der Waals surface area (Å²) in [5, 5.41) is 10.4. The molecule has 22 nitrogen and oxygen atoms in total. The third-order valence-electron chi connectivity index (χ3n) is 21.0. The molecule has 0 bridgehead atoms. The normalized spacial score (nSPS) is 32.9. The van der Waals surface area contributed by atoms with Gasteiger partial charge in [0.2, 0.25) is 65.0 Å². The van der Waals surface area contributed by atoms with Gasteiger partial charge in [-0.2, -0.15) is 13.2 Å². The quantitative estimate of drug-likeness (QED) is 0.184. The van der Waals surface area contributed by atoms with Crippen molar-refractivity contribution in [3.8, 4) is 0 Å². The maximum absolute atomic E-state index is 15.2. The number of carbonyl (C=O) groups excluding carboxylic acids is 11. The fourth-order valence-corrected chi connectivity index (χ4v) is 15.1. The molecule has 4 N–H and O–H groups in total. The van der Waals surface area contributed by atoms with E-state index >= 15 is 9.59 Å². The van der Waals surface area contributed by atoms with Gasteiger partial charge in [-0.3, -0.25) is 52.7 Å². The molecule has 14 atom stereocenters. The monoisotopic (exact) mass is 1310 g/mol. The van der Waals surface area contributed by atoms with Gasteiger partial charge in [-0.1, -0.05) is 58.8 Å². The van der Waals surface area contributed by atoms with E-state index in [1.165, 1.54) is 70.8 Å². The molecule has 5 unspecified atom stereocenters. The largest absolute Gasteiger partial charge is 0.393 e. The topological polar surface area (TPSA) is 259 Å². The predicted molar refractivity (Wildman–Crippen MR) is 332 cm³/mol. The van der Waals surface area contributed by atoms with Crippen LogP contribution in [-0.2, 0) is 52.7 Å². The first-order valence-corrected chi connectivity index (χ1v) is 33.6. The van der Waals surface area contributed by atoms with Crippen LogP contribution in [0.4, 0.5) is 17.6 Å². The van der Waals surface area contributed by atoms with E-state index in [4.69, 9.17) is 11.6 Å². The van der Waals surface area contributed by atoms with Crippen molar-refractivity contribution in [2.45, 2.75) is 247 Å². The molecule has 6 fully saturated rings. The fourth-order valence-electron chi connectivity index (χ4n) is 14.5. The van der Waals surface area contributed by atoms with E-state index in [2.05, 4.69) is 21.3 Å². The Bertz CT molecular complexity index is 2630. The Hall–Kier alpha value is -5.82. The SMILES string of the molecule is CC[C@H](C)[C@@H]1NC(=O)[C@H](C)N(C)C(=O)C[C@@H](C)NC(=O)[C@H](C2CCCC2)N(C)C(=O)C2(CCCC2)NC(=O)[C@@H]2CCCN2C(=O)[C@H](CCC2CCC(C(F)(F)F)C(Cl)C2)NC(=O)[C@@H](C)N(C)C(=O)[C@H](CC2CCCC(F)C2)N(C)C(=O)CN(C)C(=O)CN(C)C1=O. The number of nitrogens with one attached hydrogen (secondary N) is 4. The van der Waals surface area contributed by atoms with Crippen LogP contribution in [0.25, 0.3) is 0 Å². The smallest absolute Gasteiger partial charge is 0.351 e. The van der Waals surface area contributed by atoms with Gasteiger partial charge in [-0.05, 0) is 134 Å². The van der Waals surface area contributed by atoms with Gasteiger partial charge in [-0.25, -0.2) is 4.39 Å². The molecule has 6 aliphatic rings. The van der Waals surface area contributed by atoms with Gasteiger partial charge in [0.15, 0.2) is 0 Å². The zero-order valence-electron chi connectivity index (χ0n) is 55.3. The molecule has 4 saturated carbocycles. The molecule has 27 heteroatoms. The second kappa shape index (κ2) is 32.3. The molecular formula is C64H102ClF4N11O11. The van der Waals surface area contributed by atoms with Crippen LogP contribution in [-0.4, -0.2) is 233 Å². The fraction of sp³-hybridized carbons (Fsp3) is 0.828. The van der Waals surface area contributed by atoms with Crippen molar-refractivity contribution in [2.75, 3.05) is 61.9 Å². The lowest BCUT2D eigenvalue weighted by atomic mass is 9.78. The predicted octanol–water partition coefficient (Wildman–Crippen LogP) is 5.07. The zero-order valence-corrected chi connectivity index (χ0v) is 56.1. The molecule has 0 aromatic carbocycles. The summed E-state index contributed by atoms with van der Waals surface area (Å²) in [5.41, 5.74) is -1.48. The van der Waals surface area contributed by atoms with E-state index in [-0.39, 0.29) is 94.9 Å². The van der Waals surface area contributed by atoms with Gasteiger partial charge in [0.1, 0.15) is 54.0 Å². The number of likely N-dealkylation sites (N-methyl/N-ethyl adjacent to an activating group) is 6. The standard InChI is InChI=1S/C64H102ClF4N11O11/c1-12-37(2)53-61(90)75(7)35-51(82)74(6)36-52(83)78(10)49(34-42-19-17-22-44(66)32-42)60(89)77(9)40(5)55(84)71-47(27-25-41-24-26-45(46(65)33-41)64(67,68)69)59(88)80-30-18-23-48(80)57(86)73-63(28-15-16-29-63)62(91)79(11)54(43-20-13-14-21-43)58(87)70-38(3)31-50(81)76(8)39(4)56(85)72-53/h37-49,53-54H,12-36H2,1-11H3,(H,70,87)(H,71,84)(H,72,85)(H,73,86)/t37-,38+,39-,40+,41?,42?,44?,45?,46?,47-,48-,49-,53-,54-/m0/s1. The minimum atomic E-state index is -4.51. The number of halogens is 5. The van der Waals surface area contributed by atoms with Crippen LogP contribution < -0.4 is 21.3 Å². The molecule has 0 aromatic heterocycles. The molecule has 2 aliphatic heterocycles. The van der Waals surface area contributed by atoms with Gasteiger partial charge in [0, 0.05) is 66.7 Å². The molecule has 514 valence electrons. The Labute approximate surface area is 539 Å². The number of fused-ring (bicyclic) bond motifs is 1. The average molecular weight is 1310 g/mol. The molecular weight excluding hydrogens is 1210 g/mol. The van der Waals surface area contributed by atoms with E-state index in [1.807, 2.05) is 6.92 Å². The number of hydrogen-bond donors (Lipinski definition) is 4. The second-order valence-corrected chi connectivity index (χ2v) is 28.0. The third kappa shape index (κ3) is 18.5. The van der Waals surface area contributed by atoms with Crippen molar-refractivity contribution in [3.63, 3.8) is 0 Å². The zero-order chi connectivity index (χ0) is 67.6. The van der Waals surface area contributed by atoms with Gasteiger partial charge in [0.25, 0.3) is 0 Å². The highest BCUT2D eigenvalue weighted by atomic mass is 35.5. The van der Waals surface area contributed by atoms with Crippen LogP contribution >= 0.6 is 11.6 Å². The maximum Gasteiger partial charge on any atom is 0.393 e. The summed E-state index contributed by atoms with van der Waals surface area (Å²) in [5.74, 6) is -10.1. The Morgan fingerprint density at radius 3 is 1.85 bits per heavy atom. The molecule has 0 aromatic rings. The van der Waals surface area contributed by atoms with Crippen LogP contribution in [0.3, 0.4) is 0 Å². The molecule has 4 aliphatic carbocycles. The third-order valence-corrected chi connectivity index (χ3v) is 21.5. The van der Waals surface area contributed by atoms with E-state index in [0.717, 1.165) is 32.4 Å². The van der Waals surface area contributed by atoms with Crippen molar-refractivity contribution in [2.24, 2.45) is 29.6 Å². The molecule has 6 rings (SSSR count). The number of alkyl halides is 5. The van der Waals surface area contributed by atoms with Crippen LogP contribution in [0, 0.1) is 29.6 Å². The lowest BCUT2D eigenvalue weighted by molar-refractivity contribution is -0.182. The first-order chi connectivity index (χ1) is 42.7. The summed E-state index contributed by atoms with van der Waals surface area (Å²) in [7, 11) is 8.39. The highest BCUT2D eigenvalue weighted by molar-refractivity contribution is 6.20. The van der Waals surface area contributed by atoms with Crippen LogP contribution in [0.15, 0.2) is 0 Å². The van der Waals surface area contributed by atoms with Gasteiger partial charge in [0.05, 0.1) is 19.0 Å². The van der Waals surface area contributed by atoms with Gasteiger partial charge >= 0.3 is 6.18 Å². The van der Waals surface area contributed by atoms with Crippen molar-refractivity contribution < 1.29 is 70.3 Å². The van der Waals surface area contributed by atoms with Crippen molar-refractivity contribution in [1.82, 2.24) is 55.6 Å². The minimum absolute atomic E-state index is 0.00321. The average Bonchev–Trinajstić information content (AvgIpc) is 2.01. The Balaban J connectivity index is 1.35. The van der Waals surface area contributed by atoms with E-state index in [1.54, 1.807) is 13.8 Å². The van der Waals surface area contributed by atoms with Gasteiger partial charge in [-0.15, -0.1) is 11.6 Å². The number of hydrogen-bond acceptors (Lipinski definition) is 11. The number of rotatable bonds is 8. The number of nitrogens with zero attached hydrogens (tertiary/aromatic N) is 7. The molecule has 0 radical (unpaired) electrons. The van der Waals surface area contributed by atoms with Crippen molar-refractivity contribution in [3.05, 3.63) is 0 Å². The summed E-state index contributed by atoms with van der Waals surface area (Å²) in [6.07, 6.45) is 1.02. The number of carbonyl (C=O) groups is 11. The molecule has 1 spiro atoms. The lowest BCUT2D eigenvalue weighted by Crippen LogP contribution is -2.64. The second-order valence-electron chi connectivity index (χ2n) is 27.5. The summed E-state index contributed by atoms with van der Waals surface area (Å²) in [6.45, 7) is 7.08. The Morgan fingerprint density at radius 1 is 0.604 bits per heavy atom. The highest BCUT2D eigenvalue weighted by Crippen LogP contribution is 2.44. The minimum Gasteiger partial charge on any atom is -0.351 e. The first-order valence-electron chi connectivity index (χ1n) is 33.1.